The number of amides is 7. The summed E-state index contributed by atoms with van der Waals surface area (Å²) in [6, 6.07) is 28.5. The van der Waals surface area contributed by atoms with Gasteiger partial charge in [-0.3, -0.25) is 28.8 Å². The van der Waals surface area contributed by atoms with E-state index in [1.807, 2.05) is 93.8 Å². The highest BCUT2D eigenvalue weighted by molar-refractivity contribution is 7.98. The van der Waals surface area contributed by atoms with Gasteiger partial charge in [-0.05, 0) is 141 Å². The van der Waals surface area contributed by atoms with Gasteiger partial charge in [-0.2, -0.15) is 11.8 Å². The van der Waals surface area contributed by atoms with Crippen LogP contribution < -0.4 is 46.7 Å². The summed E-state index contributed by atoms with van der Waals surface area (Å²) in [7, 11) is -3.90. The maximum atomic E-state index is 15.7. The zero-order valence-corrected chi connectivity index (χ0v) is 67.0. The standard InChI is InChI=1S/C79H117N7O14SSi2/c1-20-23-27-42-67(87)80-63(47-50-101-17)70(89)85-68(72(91)81-61(22-3)74(93)96-48-21-2)55(6)98-75(94)65(51-54(4)5)83-71(90)66(53-57-43-45-58(46-44-57)100-103(79(13,14)15,59-37-30-25-31-38-59)60-39-32-26-33-40-60)86(16)73(92)64(52-56-35-28-24-29-36-56)82-69(88)62(84-76(95)99-77(7,8)9)41-34-49-97-102(18,19)78(10,11)12/h21-22,24-26,28-33,35-40,43-46,54-55,62-66,68H,2,20,23,27,34,41-42,47-53H2,1,3-19H3,(H,80,87)(H,81,91)(H,82,88)(H,83,90)(H,84,95)(H,85,89)/b61-22+/t55-,62+,63+,64+,65+,66+,68+/m1/s1. The molecule has 566 valence electrons. The van der Waals surface area contributed by atoms with Crippen molar-refractivity contribution in [3.63, 3.8) is 0 Å². The molecule has 0 radical (unpaired) electrons. The van der Waals surface area contributed by atoms with Crippen molar-refractivity contribution in [2.45, 2.75) is 232 Å². The van der Waals surface area contributed by atoms with Gasteiger partial charge >= 0.3 is 26.3 Å². The van der Waals surface area contributed by atoms with Crippen LogP contribution in [-0.4, -0.2) is 155 Å². The highest BCUT2D eigenvalue weighted by atomic mass is 32.2. The monoisotopic (exact) mass is 1480 g/mol. The summed E-state index contributed by atoms with van der Waals surface area (Å²) in [5, 5.41) is 18.3. The molecular weight excluding hydrogens is 1360 g/mol. The maximum Gasteiger partial charge on any atom is 0.408 e. The first-order chi connectivity index (χ1) is 48.4. The third-order valence-electron chi connectivity index (χ3n) is 18.0. The highest BCUT2D eigenvalue weighted by Crippen LogP contribution is 2.39. The van der Waals surface area contributed by atoms with Crippen LogP contribution >= 0.6 is 11.8 Å². The Bertz CT molecular complexity index is 3390. The summed E-state index contributed by atoms with van der Waals surface area (Å²) in [6.45, 7) is 34.5. The minimum atomic E-state index is -3.13. The Balaban J connectivity index is 1.88. The van der Waals surface area contributed by atoms with Crippen molar-refractivity contribution in [1.82, 2.24) is 36.8 Å². The van der Waals surface area contributed by atoms with E-state index in [0.717, 1.165) is 23.2 Å². The lowest BCUT2D eigenvalue weighted by Gasteiger charge is -2.43. The van der Waals surface area contributed by atoms with Gasteiger partial charge in [0, 0.05) is 32.9 Å². The number of unbranched alkanes of at least 4 members (excludes halogenated alkanes) is 2. The molecule has 0 fully saturated rings. The van der Waals surface area contributed by atoms with Crippen LogP contribution in [0.3, 0.4) is 0 Å². The first-order valence-corrected chi connectivity index (χ1v) is 42.1. The van der Waals surface area contributed by atoms with E-state index in [1.54, 1.807) is 45.0 Å². The van der Waals surface area contributed by atoms with E-state index in [0.29, 0.717) is 42.1 Å². The minimum absolute atomic E-state index is 0.0164. The molecule has 0 saturated carbocycles. The molecule has 4 aromatic carbocycles. The maximum absolute atomic E-state index is 15.7. The van der Waals surface area contributed by atoms with Crippen LogP contribution in [0.4, 0.5) is 4.79 Å². The molecule has 0 bridgehead atoms. The van der Waals surface area contributed by atoms with E-state index in [9.17, 15) is 28.8 Å². The van der Waals surface area contributed by atoms with E-state index in [2.05, 4.69) is 117 Å². The summed E-state index contributed by atoms with van der Waals surface area (Å²) < 4.78 is 30.8. The van der Waals surface area contributed by atoms with Gasteiger partial charge in [0.25, 0.3) is 5.91 Å². The molecule has 4 aromatic rings. The van der Waals surface area contributed by atoms with Crippen molar-refractivity contribution in [1.29, 1.82) is 0 Å². The quantitative estimate of drug-likeness (QED) is 0.00603. The van der Waals surface area contributed by atoms with Crippen molar-refractivity contribution in [2.24, 2.45) is 5.92 Å². The number of benzene rings is 4. The van der Waals surface area contributed by atoms with E-state index in [-0.39, 0.29) is 72.7 Å². The van der Waals surface area contributed by atoms with Crippen LogP contribution in [0.25, 0.3) is 0 Å². The van der Waals surface area contributed by atoms with Crippen LogP contribution in [0.2, 0.25) is 23.2 Å². The van der Waals surface area contributed by atoms with E-state index in [1.165, 1.54) is 49.7 Å². The fraction of sp³-hybridized carbons (Fsp3) is 0.532. The predicted octanol–water partition coefficient (Wildman–Crippen LogP) is 10.9. The molecule has 0 spiro atoms. The summed E-state index contributed by atoms with van der Waals surface area (Å²) in [6.07, 6.45) is 5.04. The molecule has 7 amide bonds. The molecule has 0 aliphatic rings. The molecule has 0 saturated heterocycles. The molecule has 4 rings (SSSR count). The summed E-state index contributed by atoms with van der Waals surface area (Å²) in [5.74, 6) is -5.45. The summed E-state index contributed by atoms with van der Waals surface area (Å²) in [4.78, 5) is 131. The summed E-state index contributed by atoms with van der Waals surface area (Å²) >= 11 is 1.45. The molecule has 21 nitrogen and oxygen atoms in total. The SMILES string of the molecule is C=CCOC(=O)/C(=C\C)NC(=O)[C@@H](NC(=O)[C@H](CCSC)NC(=O)CCCCC)[C@@H](C)OC(=O)[C@H](CC(C)C)NC(=O)[C@H](Cc1ccc(O[Si](c2ccccc2)(c2ccccc2)C(C)(C)C)cc1)N(C)C(=O)[C@H](Cc1ccccc1)NC(=O)[C@H](CCCO[Si](C)(C)C(C)(C)C)NC(=O)OC(C)(C)C. The Morgan fingerprint density at radius 2 is 1.18 bits per heavy atom. The number of carbonyl (C=O) groups excluding carboxylic acids is 9. The third-order valence-corrected chi connectivity index (χ3v) is 28.1. The van der Waals surface area contributed by atoms with Gasteiger partial charge in [0.2, 0.25) is 29.5 Å². The van der Waals surface area contributed by atoms with Crippen molar-refractivity contribution < 1.29 is 66.2 Å². The minimum Gasteiger partial charge on any atom is -0.534 e. The normalized spacial score (nSPS) is 14.2. The van der Waals surface area contributed by atoms with Gasteiger partial charge in [0.15, 0.2) is 8.32 Å². The number of ether oxygens (including phenoxy) is 3. The van der Waals surface area contributed by atoms with E-state index in [4.69, 9.17) is 23.1 Å². The average molecular weight is 1480 g/mol. The van der Waals surface area contributed by atoms with Crippen molar-refractivity contribution in [2.75, 3.05) is 32.3 Å². The molecule has 6 N–H and O–H groups in total. The predicted molar refractivity (Wildman–Crippen MR) is 414 cm³/mol. The zero-order chi connectivity index (χ0) is 76.9. The number of alkyl carbamates (subject to hydrolysis) is 1. The van der Waals surface area contributed by atoms with Gasteiger partial charge in [-0.15, -0.1) is 0 Å². The molecule has 103 heavy (non-hydrogen) atoms. The van der Waals surface area contributed by atoms with Crippen LogP contribution in [0.5, 0.6) is 5.75 Å². The Morgan fingerprint density at radius 3 is 1.71 bits per heavy atom. The Hall–Kier alpha value is -8.07. The number of thioether (sulfide) groups is 1. The smallest absolute Gasteiger partial charge is 0.408 e. The number of carbonyl (C=O) groups is 9. The van der Waals surface area contributed by atoms with Gasteiger partial charge < -0.3 is 59.9 Å². The summed E-state index contributed by atoms with van der Waals surface area (Å²) in [5.41, 5.74) is 0.0562. The largest absolute Gasteiger partial charge is 0.534 e. The fourth-order valence-electron chi connectivity index (χ4n) is 11.3. The molecule has 24 heteroatoms. The zero-order valence-electron chi connectivity index (χ0n) is 64.2. The number of nitrogens with one attached hydrogen (secondary N) is 6. The van der Waals surface area contributed by atoms with Crippen molar-refractivity contribution in [3.05, 3.63) is 151 Å². The van der Waals surface area contributed by atoms with Gasteiger partial charge in [0.05, 0.1) is 0 Å². The molecule has 7 atom stereocenters. The Labute approximate surface area is 619 Å². The Morgan fingerprint density at radius 1 is 0.631 bits per heavy atom. The number of esters is 2. The lowest BCUT2D eigenvalue weighted by atomic mass is 9.99. The number of likely N-dealkylation sites (N-methyl/N-ethyl adjacent to an activating group) is 1. The van der Waals surface area contributed by atoms with Crippen molar-refractivity contribution in [3.8, 4) is 5.75 Å². The number of hydrogen-bond acceptors (Lipinski definition) is 15. The molecule has 0 aliphatic carbocycles. The van der Waals surface area contributed by atoms with Crippen molar-refractivity contribution >= 4 is 92.2 Å². The molecule has 0 aromatic heterocycles. The second kappa shape index (κ2) is 41.4. The third kappa shape index (κ3) is 27.8. The van der Waals surface area contributed by atoms with Crippen LogP contribution in [0.15, 0.2) is 140 Å². The number of rotatable bonds is 40. The second-order valence-corrected chi connectivity index (χ2v) is 40.1. The lowest BCUT2D eigenvalue weighted by molar-refractivity contribution is -0.157. The number of hydrogen-bond donors (Lipinski definition) is 6. The highest BCUT2D eigenvalue weighted by Gasteiger charge is 2.52. The van der Waals surface area contributed by atoms with Crippen LogP contribution in [-0.2, 0) is 69.8 Å². The molecule has 0 unspecified atom stereocenters. The van der Waals surface area contributed by atoms with Crippen LogP contribution in [0, 0.1) is 5.92 Å². The van der Waals surface area contributed by atoms with Gasteiger partial charge in [0.1, 0.15) is 66.0 Å². The van der Waals surface area contributed by atoms with Gasteiger partial charge in [-0.1, -0.05) is 197 Å². The number of nitrogens with zero attached hydrogens (tertiary/aromatic N) is 1. The first kappa shape index (κ1) is 87.3. The lowest BCUT2D eigenvalue weighted by Crippen LogP contribution is -2.68. The van der Waals surface area contributed by atoms with Gasteiger partial charge in [-0.25, -0.2) is 14.4 Å². The van der Waals surface area contributed by atoms with E-state index < -0.39 is 112 Å². The molecule has 0 aliphatic heterocycles. The van der Waals surface area contributed by atoms with E-state index >= 15 is 14.4 Å². The first-order valence-electron chi connectivity index (χ1n) is 35.9. The second-order valence-electron chi connectivity index (χ2n) is 30.0. The number of allylic oxidation sites excluding steroid dienone is 1. The average Bonchev–Trinajstić information content (AvgIpc) is 0.743. The molecule has 0 heterocycles. The molecular formula is C79H117N7O14SSi2. The Kier molecular flexibility index (Phi) is 35.1. The van der Waals surface area contributed by atoms with Crippen LogP contribution in [0.1, 0.15) is 159 Å². The fourth-order valence-corrected chi connectivity index (χ4v) is 17.3. The topological polar surface area (TPSA) is 275 Å².